The standard InChI is InChI=1S/C12H17N3O2S/c1-14(8-10-2-7-18-9-10)11(16)12(17)15-5-3-13-4-6-15/h2,7,9,13H,3-6,8H2,1H3. The van der Waals surface area contributed by atoms with E-state index in [1.807, 2.05) is 16.8 Å². The number of thiophene rings is 1. The molecule has 2 heterocycles. The molecular formula is C12H17N3O2S. The van der Waals surface area contributed by atoms with Crippen LogP contribution >= 0.6 is 11.3 Å². The molecule has 2 amide bonds. The highest BCUT2D eigenvalue weighted by Crippen LogP contribution is 2.09. The Morgan fingerprint density at radius 2 is 2.17 bits per heavy atom. The minimum Gasteiger partial charge on any atom is -0.333 e. The summed E-state index contributed by atoms with van der Waals surface area (Å²) < 4.78 is 0. The van der Waals surface area contributed by atoms with E-state index in [1.54, 1.807) is 23.3 Å². The predicted octanol–water partition coefficient (Wildman–Crippen LogP) is 0.138. The molecule has 0 unspecified atom stereocenters. The Hall–Kier alpha value is -1.40. The van der Waals surface area contributed by atoms with E-state index in [-0.39, 0.29) is 0 Å². The summed E-state index contributed by atoms with van der Waals surface area (Å²) in [6.07, 6.45) is 0. The largest absolute Gasteiger partial charge is 0.333 e. The van der Waals surface area contributed by atoms with Gasteiger partial charge >= 0.3 is 11.8 Å². The first kappa shape index (κ1) is 13.0. The number of rotatable bonds is 2. The number of hydrogen-bond donors (Lipinski definition) is 1. The maximum absolute atomic E-state index is 12.0. The van der Waals surface area contributed by atoms with Gasteiger partial charge in [0.1, 0.15) is 0 Å². The molecule has 1 aliphatic rings. The predicted molar refractivity (Wildman–Crippen MR) is 70.2 cm³/mol. The lowest BCUT2D eigenvalue weighted by Crippen LogP contribution is -2.51. The van der Waals surface area contributed by atoms with Gasteiger partial charge in [-0.25, -0.2) is 0 Å². The van der Waals surface area contributed by atoms with E-state index in [0.29, 0.717) is 19.6 Å². The number of carbonyl (C=O) groups excluding carboxylic acids is 2. The first-order valence-electron chi connectivity index (χ1n) is 5.94. The molecule has 6 heteroatoms. The van der Waals surface area contributed by atoms with Crippen molar-refractivity contribution < 1.29 is 9.59 Å². The number of piperazine rings is 1. The summed E-state index contributed by atoms with van der Waals surface area (Å²) in [7, 11) is 1.67. The summed E-state index contributed by atoms with van der Waals surface area (Å²) in [5.74, 6) is -0.822. The molecule has 1 aromatic rings. The van der Waals surface area contributed by atoms with Crippen LogP contribution in [0.1, 0.15) is 5.56 Å². The zero-order valence-corrected chi connectivity index (χ0v) is 11.2. The van der Waals surface area contributed by atoms with E-state index in [9.17, 15) is 9.59 Å². The molecule has 5 nitrogen and oxygen atoms in total. The Bertz CT molecular complexity index is 413. The van der Waals surface area contributed by atoms with E-state index in [1.165, 1.54) is 4.90 Å². The fourth-order valence-corrected chi connectivity index (χ4v) is 2.55. The van der Waals surface area contributed by atoms with Gasteiger partial charge in [0.2, 0.25) is 0 Å². The van der Waals surface area contributed by atoms with Crippen molar-refractivity contribution in [1.82, 2.24) is 15.1 Å². The Morgan fingerprint density at radius 3 is 2.78 bits per heavy atom. The molecule has 0 atom stereocenters. The van der Waals surface area contributed by atoms with Crippen molar-refractivity contribution in [3.63, 3.8) is 0 Å². The monoisotopic (exact) mass is 267 g/mol. The van der Waals surface area contributed by atoms with Crippen LogP contribution in [0.15, 0.2) is 16.8 Å². The minimum absolute atomic E-state index is 0.394. The Morgan fingerprint density at radius 1 is 1.44 bits per heavy atom. The van der Waals surface area contributed by atoms with Crippen molar-refractivity contribution in [2.75, 3.05) is 33.2 Å². The van der Waals surface area contributed by atoms with Crippen LogP contribution in [0.5, 0.6) is 0 Å². The molecular weight excluding hydrogens is 250 g/mol. The highest BCUT2D eigenvalue weighted by Gasteiger charge is 2.25. The third-order valence-electron chi connectivity index (χ3n) is 2.93. The first-order valence-corrected chi connectivity index (χ1v) is 6.89. The van der Waals surface area contributed by atoms with Gasteiger partial charge in [-0.05, 0) is 22.4 Å². The molecule has 1 fully saturated rings. The van der Waals surface area contributed by atoms with Gasteiger partial charge in [-0.1, -0.05) is 0 Å². The lowest BCUT2D eigenvalue weighted by Gasteiger charge is -2.28. The second-order valence-electron chi connectivity index (χ2n) is 4.34. The lowest BCUT2D eigenvalue weighted by molar-refractivity contribution is -0.151. The third-order valence-corrected chi connectivity index (χ3v) is 3.67. The Kier molecular flexibility index (Phi) is 4.33. The molecule has 1 saturated heterocycles. The van der Waals surface area contributed by atoms with Gasteiger partial charge in [-0.2, -0.15) is 11.3 Å². The van der Waals surface area contributed by atoms with Crippen LogP contribution in [0.2, 0.25) is 0 Å². The molecule has 0 spiro atoms. The van der Waals surface area contributed by atoms with Crippen LogP contribution in [-0.4, -0.2) is 54.8 Å². The van der Waals surface area contributed by atoms with Gasteiger partial charge < -0.3 is 15.1 Å². The second-order valence-corrected chi connectivity index (χ2v) is 5.12. The molecule has 1 N–H and O–H groups in total. The average Bonchev–Trinajstić information content (AvgIpc) is 2.91. The fraction of sp³-hybridized carbons (Fsp3) is 0.500. The average molecular weight is 267 g/mol. The zero-order chi connectivity index (χ0) is 13.0. The number of carbonyl (C=O) groups is 2. The molecule has 98 valence electrons. The molecule has 0 radical (unpaired) electrons. The van der Waals surface area contributed by atoms with Crippen LogP contribution in [0, 0.1) is 0 Å². The van der Waals surface area contributed by atoms with Crippen LogP contribution in [-0.2, 0) is 16.1 Å². The van der Waals surface area contributed by atoms with E-state index >= 15 is 0 Å². The first-order chi connectivity index (χ1) is 8.68. The zero-order valence-electron chi connectivity index (χ0n) is 10.4. The molecule has 0 aliphatic carbocycles. The van der Waals surface area contributed by atoms with Gasteiger partial charge in [0.05, 0.1) is 0 Å². The second kappa shape index (κ2) is 5.97. The van der Waals surface area contributed by atoms with Gasteiger partial charge in [0.25, 0.3) is 0 Å². The molecule has 1 aromatic heterocycles. The van der Waals surface area contributed by atoms with Gasteiger partial charge in [-0.15, -0.1) is 0 Å². The third kappa shape index (κ3) is 3.08. The van der Waals surface area contributed by atoms with Crippen LogP contribution < -0.4 is 5.32 Å². The summed E-state index contributed by atoms with van der Waals surface area (Å²) in [5, 5.41) is 7.11. The molecule has 2 rings (SSSR count). The number of nitrogens with one attached hydrogen (secondary N) is 1. The smallest absolute Gasteiger partial charge is 0.312 e. The summed E-state index contributed by atoms with van der Waals surface area (Å²) in [5.41, 5.74) is 1.06. The highest BCUT2D eigenvalue weighted by atomic mass is 32.1. The normalized spacial score (nSPS) is 15.5. The van der Waals surface area contributed by atoms with E-state index in [0.717, 1.165) is 18.7 Å². The highest BCUT2D eigenvalue weighted by molar-refractivity contribution is 7.07. The quantitative estimate of drug-likeness (QED) is 0.775. The van der Waals surface area contributed by atoms with E-state index in [2.05, 4.69) is 5.32 Å². The van der Waals surface area contributed by atoms with Crippen molar-refractivity contribution in [1.29, 1.82) is 0 Å². The SMILES string of the molecule is CN(Cc1ccsc1)C(=O)C(=O)N1CCNCC1. The molecule has 1 aliphatic heterocycles. The van der Waals surface area contributed by atoms with Crippen molar-refractivity contribution >= 4 is 23.2 Å². The van der Waals surface area contributed by atoms with Gasteiger partial charge in [-0.3, -0.25) is 9.59 Å². The maximum Gasteiger partial charge on any atom is 0.312 e. The number of nitrogens with zero attached hydrogens (tertiary/aromatic N) is 2. The van der Waals surface area contributed by atoms with Crippen molar-refractivity contribution in [2.24, 2.45) is 0 Å². The van der Waals surface area contributed by atoms with Crippen LogP contribution in [0.4, 0.5) is 0 Å². The number of likely N-dealkylation sites (N-methyl/N-ethyl adjacent to an activating group) is 1. The van der Waals surface area contributed by atoms with Crippen molar-refractivity contribution in [2.45, 2.75) is 6.54 Å². The number of hydrogen-bond acceptors (Lipinski definition) is 4. The topological polar surface area (TPSA) is 52.7 Å². The fourth-order valence-electron chi connectivity index (χ4n) is 1.89. The summed E-state index contributed by atoms with van der Waals surface area (Å²) in [6, 6.07) is 1.96. The van der Waals surface area contributed by atoms with E-state index in [4.69, 9.17) is 0 Å². The van der Waals surface area contributed by atoms with Crippen LogP contribution in [0.25, 0.3) is 0 Å². The Balaban J connectivity index is 1.91. The van der Waals surface area contributed by atoms with Gasteiger partial charge in [0.15, 0.2) is 0 Å². The van der Waals surface area contributed by atoms with Crippen molar-refractivity contribution in [3.05, 3.63) is 22.4 Å². The number of amides is 2. The van der Waals surface area contributed by atoms with Crippen molar-refractivity contribution in [3.8, 4) is 0 Å². The molecule has 0 aromatic carbocycles. The molecule has 18 heavy (non-hydrogen) atoms. The minimum atomic E-state index is -0.428. The summed E-state index contributed by atoms with van der Waals surface area (Å²) in [4.78, 5) is 27.1. The van der Waals surface area contributed by atoms with E-state index < -0.39 is 11.8 Å². The Labute approximate surface area is 110 Å². The van der Waals surface area contributed by atoms with Gasteiger partial charge in [0, 0.05) is 39.8 Å². The summed E-state index contributed by atoms with van der Waals surface area (Å²) >= 11 is 1.59. The maximum atomic E-state index is 12.0. The lowest BCUT2D eigenvalue weighted by atomic mass is 10.3. The summed E-state index contributed by atoms with van der Waals surface area (Å²) in [6.45, 7) is 3.22. The molecule has 0 saturated carbocycles. The van der Waals surface area contributed by atoms with Crippen LogP contribution in [0.3, 0.4) is 0 Å². The molecule has 0 bridgehead atoms.